The van der Waals surface area contributed by atoms with Crippen LogP contribution in [0.25, 0.3) is 21.0 Å². The summed E-state index contributed by atoms with van der Waals surface area (Å²) in [5.41, 5.74) is 7.98. The average Bonchev–Trinajstić information content (AvgIpc) is 2.73. The molecule has 0 aliphatic heterocycles. The number of hydrogen-bond donors (Lipinski definition) is 1. The van der Waals surface area contributed by atoms with Crippen LogP contribution in [0.3, 0.4) is 0 Å². The third-order valence-electron chi connectivity index (χ3n) is 2.17. The largest absolute Gasteiger partial charge is 0.397 e. The fraction of sp³-hybridized carbons (Fsp3) is 0. The summed E-state index contributed by atoms with van der Waals surface area (Å²) in [6.07, 6.45) is 3.40. The molecule has 0 bridgehead atoms. The van der Waals surface area contributed by atoms with Crippen molar-refractivity contribution < 1.29 is 0 Å². The lowest BCUT2D eigenvalue weighted by atomic mass is 10.3. The molecule has 3 aromatic rings. The maximum Gasteiger partial charge on any atom is 0.144 e. The Morgan fingerprint density at radius 3 is 2.81 bits per heavy atom. The van der Waals surface area contributed by atoms with E-state index in [9.17, 15) is 0 Å². The number of pyridine rings is 2. The summed E-state index contributed by atoms with van der Waals surface area (Å²) >= 11 is 1.53. The van der Waals surface area contributed by atoms with Crippen molar-refractivity contribution in [1.29, 1.82) is 0 Å². The topological polar surface area (TPSA) is 64.7 Å². The summed E-state index contributed by atoms with van der Waals surface area (Å²) in [6, 6.07) is 7.51. The van der Waals surface area contributed by atoms with Crippen LogP contribution >= 0.6 is 11.3 Å². The molecule has 0 aliphatic carbocycles. The molecule has 0 spiro atoms. The van der Waals surface area contributed by atoms with Gasteiger partial charge in [-0.05, 0) is 24.3 Å². The van der Waals surface area contributed by atoms with Crippen LogP contribution in [-0.2, 0) is 0 Å². The van der Waals surface area contributed by atoms with E-state index in [-0.39, 0.29) is 0 Å². The molecular formula is C11H8N4S. The van der Waals surface area contributed by atoms with Gasteiger partial charge >= 0.3 is 0 Å². The molecule has 2 N–H and O–H groups in total. The van der Waals surface area contributed by atoms with Gasteiger partial charge < -0.3 is 5.73 Å². The van der Waals surface area contributed by atoms with E-state index >= 15 is 0 Å². The van der Waals surface area contributed by atoms with Crippen molar-refractivity contribution in [3.63, 3.8) is 0 Å². The fourth-order valence-corrected chi connectivity index (χ4v) is 2.30. The molecule has 0 saturated heterocycles. The molecule has 3 heterocycles. The zero-order chi connectivity index (χ0) is 11.0. The minimum atomic E-state index is 0.656. The van der Waals surface area contributed by atoms with Crippen molar-refractivity contribution >= 4 is 27.4 Å². The van der Waals surface area contributed by atoms with Crippen LogP contribution in [0.15, 0.2) is 36.7 Å². The van der Waals surface area contributed by atoms with E-state index in [4.69, 9.17) is 5.73 Å². The number of anilines is 1. The summed E-state index contributed by atoms with van der Waals surface area (Å²) < 4.78 is 0. The molecule has 3 rings (SSSR count). The van der Waals surface area contributed by atoms with Gasteiger partial charge in [-0.2, -0.15) is 0 Å². The fourth-order valence-electron chi connectivity index (χ4n) is 1.41. The van der Waals surface area contributed by atoms with Crippen LogP contribution in [0.2, 0.25) is 0 Å². The van der Waals surface area contributed by atoms with E-state index in [1.54, 1.807) is 12.4 Å². The van der Waals surface area contributed by atoms with Crippen molar-refractivity contribution in [2.24, 2.45) is 0 Å². The summed E-state index contributed by atoms with van der Waals surface area (Å²) in [4.78, 5) is 13.9. The zero-order valence-corrected chi connectivity index (χ0v) is 9.11. The second kappa shape index (κ2) is 3.53. The molecule has 0 amide bonds. The minimum Gasteiger partial charge on any atom is -0.397 e. The molecule has 78 valence electrons. The summed E-state index contributed by atoms with van der Waals surface area (Å²) in [5.74, 6) is 0. The number of nitrogen functional groups attached to an aromatic ring is 1. The molecule has 16 heavy (non-hydrogen) atoms. The molecule has 0 unspecified atom stereocenters. The van der Waals surface area contributed by atoms with E-state index in [1.165, 1.54) is 11.3 Å². The second-order valence-electron chi connectivity index (χ2n) is 3.32. The maximum atomic E-state index is 5.59. The van der Waals surface area contributed by atoms with Gasteiger partial charge in [-0.15, -0.1) is 0 Å². The van der Waals surface area contributed by atoms with E-state index in [1.807, 2.05) is 24.3 Å². The average molecular weight is 228 g/mol. The highest BCUT2D eigenvalue weighted by molar-refractivity contribution is 7.21. The standard InChI is InChI=1S/C11H8N4S/c12-7-3-4-8(14-6-7)11-15-9-2-1-5-13-10(9)16-11/h1-6H,12H2. The molecule has 0 aliphatic rings. The minimum absolute atomic E-state index is 0.656. The number of nitrogens with two attached hydrogens (primary N) is 1. The highest BCUT2D eigenvalue weighted by Gasteiger charge is 2.07. The van der Waals surface area contributed by atoms with Gasteiger partial charge in [0.1, 0.15) is 15.4 Å². The Morgan fingerprint density at radius 1 is 1.12 bits per heavy atom. The zero-order valence-electron chi connectivity index (χ0n) is 8.29. The molecule has 4 nitrogen and oxygen atoms in total. The highest BCUT2D eigenvalue weighted by Crippen LogP contribution is 2.27. The highest BCUT2D eigenvalue weighted by atomic mass is 32.1. The van der Waals surface area contributed by atoms with Gasteiger partial charge in [-0.25, -0.2) is 9.97 Å². The van der Waals surface area contributed by atoms with Crippen molar-refractivity contribution in [1.82, 2.24) is 15.0 Å². The van der Waals surface area contributed by atoms with Crippen LogP contribution in [0, 0.1) is 0 Å². The number of nitrogens with zero attached hydrogens (tertiary/aromatic N) is 3. The molecule has 0 aromatic carbocycles. The molecule has 5 heteroatoms. The van der Waals surface area contributed by atoms with E-state index in [0.717, 1.165) is 21.0 Å². The van der Waals surface area contributed by atoms with Crippen molar-refractivity contribution in [3.05, 3.63) is 36.7 Å². The molecule has 3 aromatic heterocycles. The van der Waals surface area contributed by atoms with E-state index < -0.39 is 0 Å². The van der Waals surface area contributed by atoms with Gasteiger partial charge in [-0.1, -0.05) is 11.3 Å². The first-order valence-electron chi connectivity index (χ1n) is 4.76. The quantitative estimate of drug-likeness (QED) is 0.694. The summed E-state index contributed by atoms with van der Waals surface area (Å²) in [6.45, 7) is 0. The SMILES string of the molecule is Nc1ccc(-c2nc3cccnc3s2)nc1. The first kappa shape index (κ1) is 9.23. The third-order valence-corrected chi connectivity index (χ3v) is 3.17. The lowest BCUT2D eigenvalue weighted by molar-refractivity contribution is 1.31. The molecule has 0 fully saturated rings. The first-order chi connectivity index (χ1) is 7.83. The predicted octanol–water partition coefficient (Wildman–Crippen LogP) is 2.34. The van der Waals surface area contributed by atoms with Crippen LogP contribution in [0.5, 0.6) is 0 Å². The Kier molecular flexibility index (Phi) is 2.04. The van der Waals surface area contributed by atoms with Gasteiger partial charge in [0.25, 0.3) is 0 Å². The van der Waals surface area contributed by atoms with Crippen molar-refractivity contribution in [3.8, 4) is 10.7 Å². The Balaban J connectivity index is 2.15. The lowest BCUT2D eigenvalue weighted by Gasteiger charge is -1.94. The van der Waals surface area contributed by atoms with Gasteiger partial charge in [0.05, 0.1) is 17.6 Å². The van der Waals surface area contributed by atoms with E-state index in [0.29, 0.717) is 5.69 Å². The molecule has 0 atom stereocenters. The van der Waals surface area contributed by atoms with Crippen LogP contribution in [0.4, 0.5) is 5.69 Å². The van der Waals surface area contributed by atoms with Crippen molar-refractivity contribution in [2.75, 3.05) is 5.73 Å². The molecule has 0 saturated carbocycles. The van der Waals surface area contributed by atoms with Gasteiger partial charge in [0, 0.05) is 6.20 Å². The third kappa shape index (κ3) is 1.51. The molecule has 0 radical (unpaired) electrons. The summed E-state index contributed by atoms with van der Waals surface area (Å²) in [5, 5.41) is 0.869. The number of fused-ring (bicyclic) bond motifs is 1. The predicted molar refractivity (Wildman–Crippen MR) is 65.1 cm³/mol. The number of thiazole rings is 1. The monoisotopic (exact) mass is 228 g/mol. The van der Waals surface area contributed by atoms with Gasteiger partial charge in [0.2, 0.25) is 0 Å². The van der Waals surface area contributed by atoms with Crippen molar-refractivity contribution in [2.45, 2.75) is 0 Å². The van der Waals surface area contributed by atoms with E-state index in [2.05, 4.69) is 15.0 Å². The van der Waals surface area contributed by atoms with Crippen LogP contribution < -0.4 is 5.73 Å². The van der Waals surface area contributed by atoms with Crippen LogP contribution in [0.1, 0.15) is 0 Å². The van der Waals surface area contributed by atoms with Crippen LogP contribution in [-0.4, -0.2) is 15.0 Å². The Bertz CT molecular complexity index is 597. The normalized spacial score (nSPS) is 10.8. The number of rotatable bonds is 1. The Labute approximate surface area is 95.8 Å². The first-order valence-corrected chi connectivity index (χ1v) is 5.58. The Hall–Kier alpha value is -2.01. The maximum absolute atomic E-state index is 5.59. The summed E-state index contributed by atoms with van der Waals surface area (Å²) in [7, 11) is 0. The number of hydrogen-bond acceptors (Lipinski definition) is 5. The smallest absolute Gasteiger partial charge is 0.144 e. The Morgan fingerprint density at radius 2 is 2.06 bits per heavy atom. The lowest BCUT2D eigenvalue weighted by Crippen LogP contribution is -1.87. The molecular weight excluding hydrogens is 220 g/mol. The van der Waals surface area contributed by atoms with Gasteiger partial charge in [-0.3, -0.25) is 4.98 Å². The number of aromatic nitrogens is 3. The van der Waals surface area contributed by atoms with Gasteiger partial charge in [0.15, 0.2) is 0 Å². The second-order valence-corrected chi connectivity index (χ2v) is 4.30.